The molecule has 1 saturated heterocycles. The highest BCUT2D eigenvalue weighted by Crippen LogP contribution is 2.22. The average Bonchev–Trinajstić information content (AvgIpc) is 2.42. The Balaban J connectivity index is 1.83. The summed E-state index contributed by atoms with van der Waals surface area (Å²) in [5, 5.41) is 10.1. The van der Waals surface area contributed by atoms with Gasteiger partial charge in [-0.05, 0) is 38.8 Å². The topological polar surface area (TPSA) is 32.7 Å². The second-order valence-electron chi connectivity index (χ2n) is 5.72. The van der Waals surface area contributed by atoms with Gasteiger partial charge >= 0.3 is 0 Å². The Kier molecular flexibility index (Phi) is 5.38. The molecular weight excluding hydrogens is 257 g/mol. The third kappa shape index (κ3) is 3.93. The molecule has 3 atom stereocenters. The van der Waals surface area contributed by atoms with Crippen LogP contribution in [0.1, 0.15) is 33.1 Å². The zero-order valence-corrected chi connectivity index (χ0v) is 12.3. The maximum absolute atomic E-state index is 13.4. The number of para-hydroxylation sites is 1. The van der Waals surface area contributed by atoms with Crippen molar-refractivity contribution in [2.75, 3.05) is 13.2 Å². The van der Waals surface area contributed by atoms with E-state index in [4.69, 9.17) is 4.74 Å². The van der Waals surface area contributed by atoms with Gasteiger partial charge in [0.1, 0.15) is 12.7 Å². The summed E-state index contributed by atoms with van der Waals surface area (Å²) in [6, 6.07) is 7.25. The van der Waals surface area contributed by atoms with Crippen LogP contribution in [0.3, 0.4) is 0 Å². The average molecular weight is 281 g/mol. The van der Waals surface area contributed by atoms with Gasteiger partial charge in [0.25, 0.3) is 0 Å². The number of likely N-dealkylation sites (tertiary alicyclic amines) is 1. The van der Waals surface area contributed by atoms with Crippen LogP contribution in [0.5, 0.6) is 5.75 Å². The smallest absolute Gasteiger partial charge is 0.165 e. The molecule has 112 valence electrons. The number of piperidine rings is 1. The van der Waals surface area contributed by atoms with Crippen LogP contribution >= 0.6 is 0 Å². The van der Waals surface area contributed by atoms with Crippen LogP contribution in [0, 0.1) is 5.82 Å². The number of benzene rings is 1. The highest BCUT2D eigenvalue weighted by molar-refractivity contribution is 5.23. The third-order valence-corrected chi connectivity index (χ3v) is 4.07. The predicted molar refractivity (Wildman–Crippen MR) is 77.4 cm³/mol. The van der Waals surface area contributed by atoms with Crippen molar-refractivity contribution in [3.8, 4) is 5.75 Å². The highest BCUT2D eigenvalue weighted by Gasteiger charge is 2.26. The Morgan fingerprint density at radius 3 is 2.60 bits per heavy atom. The first-order valence-corrected chi connectivity index (χ1v) is 7.39. The Morgan fingerprint density at radius 2 is 1.95 bits per heavy atom. The number of halogens is 1. The van der Waals surface area contributed by atoms with Crippen LogP contribution in [0.4, 0.5) is 4.39 Å². The summed E-state index contributed by atoms with van der Waals surface area (Å²) in [6.07, 6.45) is 2.99. The maximum atomic E-state index is 13.4. The maximum Gasteiger partial charge on any atom is 0.165 e. The van der Waals surface area contributed by atoms with E-state index >= 15 is 0 Å². The van der Waals surface area contributed by atoms with Gasteiger partial charge < -0.3 is 9.84 Å². The lowest BCUT2D eigenvalue weighted by Crippen LogP contribution is -2.48. The fraction of sp³-hybridized carbons (Fsp3) is 0.625. The van der Waals surface area contributed by atoms with Gasteiger partial charge in [-0.2, -0.15) is 0 Å². The molecule has 2 rings (SSSR count). The van der Waals surface area contributed by atoms with Gasteiger partial charge in [0.15, 0.2) is 11.6 Å². The molecule has 0 aliphatic carbocycles. The van der Waals surface area contributed by atoms with Crippen LogP contribution in [-0.2, 0) is 0 Å². The molecule has 0 saturated carbocycles. The van der Waals surface area contributed by atoms with Gasteiger partial charge in [-0.25, -0.2) is 4.39 Å². The van der Waals surface area contributed by atoms with E-state index in [9.17, 15) is 9.50 Å². The Morgan fingerprint density at radius 1 is 1.30 bits per heavy atom. The van der Waals surface area contributed by atoms with Gasteiger partial charge in [0, 0.05) is 18.6 Å². The Labute approximate surface area is 120 Å². The number of aliphatic hydroxyl groups excluding tert-OH is 1. The van der Waals surface area contributed by atoms with Crippen molar-refractivity contribution >= 4 is 0 Å². The van der Waals surface area contributed by atoms with E-state index in [0.29, 0.717) is 18.6 Å². The molecule has 3 unspecified atom stereocenters. The van der Waals surface area contributed by atoms with Gasteiger partial charge in [0.05, 0.1) is 0 Å². The molecule has 3 nitrogen and oxygen atoms in total. The fourth-order valence-electron chi connectivity index (χ4n) is 2.88. The number of aliphatic hydroxyl groups is 1. The summed E-state index contributed by atoms with van der Waals surface area (Å²) >= 11 is 0. The lowest BCUT2D eigenvalue weighted by molar-refractivity contribution is 0.0202. The molecule has 1 heterocycles. The van der Waals surface area contributed by atoms with Crippen molar-refractivity contribution in [2.45, 2.75) is 51.3 Å². The summed E-state index contributed by atoms with van der Waals surface area (Å²) in [6.45, 7) is 5.09. The largest absolute Gasteiger partial charge is 0.488 e. The Hall–Kier alpha value is -1.13. The van der Waals surface area contributed by atoms with E-state index in [2.05, 4.69) is 18.7 Å². The predicted octanol–water partition coefficient (Wildman–Crippen LogP) is 2.83. The monoisotopic (exact) mass is 281 g/mol. The molecule has 1 N–H and O–H groups in total. The van der Waals surface area contributed by atoms with E-state index in [1.807, 2.05) is 0 Å². The van der Waals surface area contributed by atoms with Crippen molar-refractivity contribution in [1.29, 1.82) is 0 Å². The van der Waals surface area contributed by atoms with Gasteiger partial charge in [-0.3, -0.25) is 4.90 Å². The molecule has 20 heavy (non-hydrogen) atoms. The van der Waals surface area contributed by atoms with Gasteiger partial charge in [-0.1, -0.05) is 18.6 Å². The van der Waals surface area contributed by atoms with Crippen molar-refractivity contribution in [3.05, 3.63) is 30.1 Å². The molecule has 1 aliphatic heterocycles. The van der Waals surface area contributed by atoms with Crippen molar-refractivity contribution in [1.82, 2.24) is 4.90 Å². The lowest BCUT2D eigenvalue weighted by Gasteiger charge is -2.40. The molecule has 0 amide bonds. The van der Waals surface area contributed by atoms with E-state index in [-0.39, 0.29) is 18.2 Å². The molecule has 1 aliphatic rings. The minimum atomic E-state index is -0.599. The quantitative estimate of drug-likeness (QED) is 0.901. The van der Waals surface area contributed by atoms with E-state index in [1.165, 1.54) is 25.3 Å². The first-order chi connectivity index (χ1) is 9.58. The van der Waals surface area contributed by atoms with Crippen LogP contribution in [0.15, 0.2) is 24.3 Å². The summed E-state index contributed by atoms with van der Waals surface area (Å²) in [4.78, 5) is 2.32. The minimum Gasteiger partial charge on any atom is -0.488 e. The van der Waals surface area contributed by atoms with Crippen LogP contribution < -0.4 is 4.74 Å². The summed E-state index contributed by atoms with van der Waals surface area (Å²) < 4.78 is 18.8. The second kappa shape index (κ2) is 7.04. The molecular formula is C16H24FNO2. The number of ether oxygens (including phenoxy) is 1. The molecule has 1 aromatic rings. The lowest BCUT2D eigenvalue weighted by atomic mass is 9.97. The minimum absolute atomic E-state index is 0.122. The molecule has 1 fully saturated rings. The van der Waals surface area contributed by atoms with Crippen molar-refractivity contribution in [2.24, 2.45) is 0 Å². The van der Waals surface area contributed by atoms with E-state index in [0.717, 1.165) is 0 Å². The number of rotatable bonds is 5. The Bertz CT molecular complexity index is 417. The number of β-amino-alcohol motifs (C(OH)–C–C–N with tert-alkyl or cyclic N) is 1. The van der Waals surface area contributed by atoms with E-state index < -0.39 is 6.10 Å². The molecule has 4 heteroatoms. The summed E-state index contributed by atoms with van der Waals surface area (Å²) in [5.74, 6) is -0.189. The standard InChI is InChI=1S/C16H24FNO2/c1-12-6-5-7-13(2)18(12)10-14(19)11-20-16-9-4-3-8-15(16)17/h3-4,8-9,12-14,19H,5-7,10-11H2,1-2H3. The molecule has 1 aromatic carbocycles. The number of hydrogen-bond acceptors (Lipinski definition) is 3. The molecule has 0 radical (unpaired) electrons. The molecule has 0 bridgehead atoms. The molecule has 0 aromatic heterocycles. The number of nitrogens with zero attached hydrogens (tertiary/aromatic N) is 1. The zero-order chi connectivity index (χ0) is 14.5. The summed E-state index contributed by atoms with van der Waals surface area (Å²) in [5.41, 5.74) is 0. The first-order valence-electron chi connectivity index (χ1n) is 7.39. The van der Waals surface area contributed by atoms with Crippen LogP contribution in [-0.4, -0.2) is 41.3 Å². The van der Waals surface area contributed by atoms with Crippen molar-refractivity contribution in [3.63, 3.8) is 0 Å². The normalized spacial score (nSPS) is 25.4. The highest BCUT2D eigenvalue weighted by atomic mass is 19.1. The second-order valence-corrected chi connectivity index (χ2v) is 5.72. The van der Waals surface area contributed by atoms with Gasteiger partial charge in [-0.15, -0.1) is 0 Å². The molecule has 0 spiro atoms. The van der Waals surface area contributed by atoms with Crippen molar-refractivity contribution < 1.29 is 14.2 Å². The number of hydrogen-bond donors (Lipinski definition) is 1. The van der Waals surface area contributed by atoms with Gasteiger partial charge in [0.2, 0.25) is 0 Å². The fourth-order valence-corrected chi connectivity index (χ4v) is 2.88. The third-order valence-electron chi connectivity index (χ3n) is 4.07. The van der Waals surface area contributed by atoms with E-state index in [1.54, 1.807) is 18.2 Å². The van der Waals surface area contributed by atoms with Crippen LogP contribution in [0.25, 0.3) is 0 Å². The van der Waals surface area contributed by atoms with Crippen LogP contribution in [0.2, 0.25) is 0 Å². The summed E-state index contributed by atoms with van der Waals surface area (Å²) in [7, 11) is 0. The first kappa shape index (κ1) is 15.3. The zero-order valence-electron chi connectivity index (χ0n) is 12.3. The SMILES string of the molecule is CC1CCCC(C)N1CC(O)COc1ccccc1F.